The van der Waals surface area contributed by atoms with Crippen LogP contribution < -0.4 is 4.31 Å². The smallest absolute Gasteiger partial charge is 0.141 e. The summed E-state index contributed by atoms with van der Waals surface area (Å²) in [6.45, 7) is 5.26. The number of imidazole rings is 1. The number of anilines is 1. The zero-order valence-corrected chi connectivity index (χ0v) is 19.4. The molecule has 5 heteroatoms. The fourth-order valence-corrected chi connectivity index (χ4v) is 5.18. The maximum absolute atomic E-state index is 5.84. The van der Waals surface area contributed by atoms with Crippen LogP contribution in [0, 0.1) is 5.92 Å². The highest BCUT2D eigenvalue weighted by Gasteiger charge is 2.29. The van der Waals surface area contributed by atoms with Gasteiger partial charge in [-0.1, -0.05) is 37.5 Å². The van der Waals surface area contributed by atoms with Gasteiger partial charge in [-0.15, -0.1) is 0 Å². The predicted octanol–water partition coefficient (Wildman–Crippen LogP) is 6.64. The van der Waals surface area contributed by atoms with Crippen molar-refractivity contribution in [3.05, 3.63) is 54.4 Å². The Kier molecular flexibility index (Phi) is 6.40. The van der Waals surface area contributed by atoms with Crippen LogP contribution in [0.1, 0.15) is 51.8 Å². The lowest BCUT2D eigenvalue weighted by Crippen LogP contribution is -2.27. The third kappa shape index (κ3) is 4.52. The molecule has 0 unspecified atom stereocenters. The van der Waals surface area contributed by atoms with Crippen LogP contribution in [0.5, 0.6) is 0 Å². The Bertz CT molecular complexity index is 977. The lowest BCUT2D eigenvalue weighted by molar-refractivity contribution is 0.00818. The number of fused-ring (bicyclic) bond motifs is 1. The van der Waals surface area contributed by atoms with E-state index < -0.39 is 5.60 Å². The van der Waals surface area contributed by atoms with Crippen molar-refractivity contribution in [2.45, 2.75) is 63.0 Å². The lowest BCUT2D eigenvalue weighted by Gasteiger charge is -2.27. The molecule has 1 fully saturated rings. The number of aromatic nitrogens is 2. The molecule has 0 N–H and O–H groups in total. The molecule has 1 aromatic heterocycles. The largest absolute Gasteiger partial charge is 0.371 e. The molecule has 0 saturated heterocycles. The van der Waals surface area contributed by atoms with Gasteiger partial charge in [-0.05, 0) is 74.9 Å². The molecule has 1 saturated carbocycles. The minimum absolute atomic E-state index is 0.418. The molecule has 3 aromatic rings. The summed E-state index contributed by atoms with van der Waals surface area (Å²) < 4.78 is 10.5. The molecular weight excluding hydrogens is 390 g/mol. The van der Waals surface area contributed by atoms with Crippen molar-refractivity contribution >= 4 is 28.7 Å². The van der Waals surface area contributed by atoms with Gasteiger partial charge >= 0.3 is 0 Å². The Morgan fingerprint density at radius 2 is 1.83 bits per heavy atom. The average molecular weight is 424 g/mol. The summed E-state index contributed by atoms with van der Waals surface area (Å²) in [5.41, 5.74) is 2.99. The number of nitrogens with zero attached hydrogens (tertiary/aromatic N) is 3. The molecule has 0 bridgehead atoms. The van der Waals surface area contributed by atoms with Crippen LogP contribution in [0.2, 0.25) is 0 Å². The van der Waals surface area contributed by atoms with Crippen molar-refractivity contribution in [1.29, 1.82) is 0 Å². The van der Waals surface area contributed by atoms with Crippen LogP contribution in [-0.4, -0.2) is 23.7 Å². The van der Waals surface area contributed by atoms with E-state index in [1.165, 1.54) is 42.5 Å². The minimum atomic E-state index is -0.418. The van der Waals surface area contributed by atoms with E-state index in [-0.39, 0.29) is 0 Å². The summed E-state index contributed by atoms with van der Waals surface area (Å²) in [4.78, 5) is 6.30. The van der Waals surface area contributed by atoms with Crippen molar-refractivity contribution in [1.82, 2.24) is 9.55 Å². The molecule has 2 aromatic carbocycles. The number of methoxy groups -OCH3 is 1. The fourth-order valence-electron chi connectivity index (χ4n) is 4.37. The summed E-state index contributed by atoms with van der Waals surface area (Å²) >= 11 is 1.73. The van der Waals surface area contributed by atoms with E-state index in [0.717, 1.165) is 29.5 Å². The first-order valence-corrected chi connectivity index (χ1v) is 11.8. The minimum Gasteiger partial charge on any atom is -0.371 e. The molecule has 1 aliphatic rings. The molecule has 0 atom stereocenters. The molecule has 0 aliphatic heterocycles. The van der Waals surface area contributed by atoms with E-state index in [4.69, 9.17) is 9.72 Å². The number of hydrogen-bond donors (Lipinski definition) is 0. The van der Waals surface area contributed by atoms with Gasteiger partial charge in [0, 0.05) is 31.3 Å². The van der Waals surface area contributed by atoms with E-state index in [1.807, 2.05) is 6.07 Å². The zero-order valence-electron chi connectivity index (χ0n) is 18.6. The number of ether oxygens (including phenoxy) is 1. The molecule has 0 radical (unpaired) electrons. The Labute approximate surface area is 184 Å². The Morgan fingerprint density at radius 3 is 2.53 bits per heavy atom. The maximum Gasteiger partial charge on any atom is 0.141 e. The molecule has 4 nitrogen and oxygen atoms in total. The fraction of sp³-hybridized carbons (Fsp3) is 0.480. The van der Waals surface area contributed by atoms with Crippen LogP contribution in [0.25, 0.3) is 11.0 Å². The lowest BCUT2D eigenvalue weighted by atomic mass is 9.89. The van der Waals surface area contributed by atoms with Crippen molar-refractivity contribution < 1.29 is 4.74 Å². The van der Waals surface area contributed by atoms with E-state index in [0.29, 0.717) is 0 Å². The third-order valence-corrected chi connectivity index (χ3v) is 7.26. The highest BCUT2D eigenvalue weighted by Crippen LogP contribution is 2.34. The summed E-state index contributed by atoms with van der Waals surface area (Å²) in [6.07, 6.45) is 6.73. The third-order valence-electron chi connectivity index (χ3n) is 6.30. The van der Waals surface area contributed by atoms with Crippen LogP contribution in [0.3, 0.4) is 0 Å². The van der Waals surface area contributed by atoms with Gasteiger partial charge in [0.2, 0.25) is 0 Å². The normalized spacial score (nSPS) is 15.6. The second-order valence-electron chi connectivity index (χ2n) is 8.84. The van der Waals surface area contributed by atoms with E-state index in [2.05, 4.69) is 72.2 Å². The maximum atomic E-state index is 5.84. The number of benzene rings is 2. The molecule has 160 valence electrons. The molecule has 0 spiro atoms. The Hall–Kier alpha value is -1.98. The molecule has 0 amide bonds. The Morgan fingerprint density at radius 1 is 1.10 bits per heavy atom. The van der Waals surface area contributed by atoms with E-state index >= 15 is 0 Å². The highest BCUT2D eigenvalue weighted by molar-refractivity contribution is 8.00. The second-order valence-corrected chi connectivity index (χ2v) is 10.0. The van der Waals surface area contributed by atoms with Crippen molar-refractivity contribution in [3.63, 3.8) is 0 Å². The van der Waals surface area contributed by atoms with Crippen molar-refractivity contribution in [3.8, 4) is 0 Å². The van der Waals surface area contributed by atoms with E-state index in [9.17, 15) is 0 Å². The molecule has 30 heavy (non-hydrogen) atoms. The molecule has 4 rings (SSSR count). The number of rotatable bonds is 7. The van der Waals surface area contributed by atoms with Crippen LogP contribution in [-0.2, 0) is 16.9 Å². The predicted molar refractivity (Wildman–Crippen MR) is 127 cm³/mol. The van der Waals surface area contributed by atoms with Gasteiger partial charge in [-0.3, -0.25) is 0 Å². The van der Waals surface area contributed by atoms with Crippen LogP contribution in [0.4, 0.5) is 5.69 Å². The summed E-state index contributed by atoms with van der Waals surface area (Å²) in [6, 6.07) is 17.1. The monoisotopic (exact) mass is 423 g/mol. The molecule has 1 aliphatic carbocycles. The van der Waals surface area contributed by atoms with Crippen LogP contribution >= 0.6 is 11.9 Å². The van der Waals surface area contributed by atoms with Gasteiger partial charge in [-0.25, -0.2) is 4.98 Å². The van der Waals surface area contributed by atoms with Crippen LogP contribution in [0.15, 0.2) is 53.4 Å². The first kappa shape index (κ1) is 21.3. The Balaban J connectivity index is 1.67. The second kappa shape index (κ2) is 9.03. The summed E-state index contributed by atoms with van der Waals surface area (Å²) in [7, 11) is 3.89. The van der Waals surface area contributed by atoms with E-state index in [1.54, 1.807) is 19.1 Å². The van der Waals surface area contributed by atoms with Gasteiger partial charge in [0.05, 0.1) is 11.0 Å². The van der Waals surface area contributed by atoms with Gasteiger partial charge in [0.1, 0.15) is 11.4 Å². The van der Waals surface area contributed by atoms with Crippen molar-refractivity contribution in [2.75, 3.05) is 18.5 Å². The average Bonchev–Trinajstić information content (AvgIpc) is 3.13. The first-order chi connectivity index (χ1) is 14.5. The molecular formula is C25H33N3OS. The van der Waals surface area contributed by atoms with Gasteiger partial charge < -0.3 is 13.6 Å². The highest BCUT2D eigenvalue weighted by atomic mass is 32.2. The van der Waals surface area contributed by atoms with Gasteiger partial charge in [0.25, 0.3) is 0 Å². The topological polar surface area (TPSA) is 30.3 Å². The summed E-state index contributed by atoms with van der Waals surface area (Å²) in [5, 5.41) is 0. The standard InChI is InChI=1S/C25H33N3OS/c1-25(2,29-4)24-26-22-17-20(27(3)30-21-13-9-6-10-14-21)15-16-23(22)28(24)18-19-11-7-5-8-12-19/h6,9-10,13-17,19H,5,7-8,11-12,18H2,1-4H3. The number of hydrogen-bond acceptors (Lipinski definition) is 4. The summed E-state index contributed by atoms with van der Waals surface area (Å²) in [5.74, 6) is 1.76. The van der Waals surface area contributed by atoms with Gasteiger partial charge in [-0.2, -0.15) is 0 Å². The molecule has 1 heterocycles. The quantitative estimate of drug-likeness (QED) is 0.398. The van der Waals surface area contributed by atoms with Crippen molar-refractivity contribution in [2.24, 2.45) is 5.92 Å². The SMILES string of the molecule is COC(C)(C)c1nc2cc(N(C)Sc3ccccc3)ccc2n1CC1CCCCC1. The first-order valence-electron chi connectivity index (χ1n) is 11.0. The van der Waals surface area contributed by atoms with Gasteiger partial charge in [0.15, 0.2) is 0 Å². The zero-order chi connectivity index (χ0) is 21.1.